The Kier molecular flexibility index (Phi) is 4.35. The van der Waals surface area contributed by atoms with Gasteiger partial charge in [0, 0.05) is 18.5 Å². The fourth-order valence-corrected chi connectivity index (χ4v) is 4.97. The molecule has 0 N–H and O–H groups in total. The number of rotatable bonds is 4. The maximum Gasteiger partial charge on any atom is 0.349 e. The molecule has 1 aliphatic rings. The fourth-order valence-electron chi connectivity index (χ4n) is 3.30. The smallest absolute Gasteiger partial charge is 0.349 e. The van der Waals surface area contributed by atoms with Crippen LogP contribution in [-0.2, 0) is 15.6 Å². The molecule has 0 aliphatic carbocycles. The number of benzene rings is 1. The van der Waals surface area contributed by atoms with E-state index < -0.39 is 26.6 Å². The Morgan fingerprint density at radius 2 is 2.00 bits per heavy atom. The second-order valence-electron chi connectivity index (χ2n) is 6.53. The van der Waals surface area contributed by atoms with Gasteiger partial charge in [0.15, 0.2) is 9.84 Å². The third-order valence-corrected chi connectivity index (χ3v) is 6.82. The predicted octanol–water partition coefficient (Wildman–Crippen LogP) is 2.22. The van der Waals surface area contributed by atoms with Gasteiger partial charge in [0.2, 0.25) is 0 Å². The van der Waals surface area contributed by atoms with Crippen molar-refractivity contribution in [1.29, 1.82) is 0 Å². The molecule has 0 radical (unpaired) electrons. The van der Waals surface area contributed by atoms with Gasteiger partial charge < -0.3 is 13.7 Å². The van der Waals surface area contributed by atoms with Crippen molar-refractivity contribution in [2.75, 3.05) is 13.1 Å². The Morgan fingerprint density at radius 3 is 2.78 bits per heavy atom. The standard InChI is InChI=1S/C19H17NO6S/c21-18(16-10-13-4-1-2-6-17(13)26-19(16)22)20-8-7-15(11-20)27(23,24)12-14-5-3-9-25-14/h1-6,9-10,15H,7-8,11-12H2/t15-/m1/s1. The zero-order chi connectivity index (χ0) is 19.0. The Morgan fingerprint density at radius 1 is 1.19 bits per heavy atom. The van der Waals surface area contributed by atoms with Crippen LogP contribution in [0.15, 0.2) is 62.4 Å². The van der Waals surface area contributed by atoms with Gasteiger partial charge in [-0.15, -0.1) is 0 Å². The molecule has 1 amide bonds. The molecular weight excluding hydrogens is 370 g/mol. The van der Waals surface area contributed by atoms with Crippen LogP contribution in [0.4, 0.5) is 0 Å². The number of fused-ring (bicyclic) bond motifs is 1. The molecule has 4 rings (SSSR count). The van der Waals surface area contributed by atoms with Crippen molar-refractivity contribution in [3.8, 4) is 0 Å². The summed E-state index contributed by atoms with van der Waals surface area (Å²) in [5, 5.41) is -0.0410. The van der Waals surface area contributed by atoms with Crippen LogP contribution in [0.25, 0.3) is 11.0 Å². The highest BCUT2D eigenvalue weighted by Crippen LogP contribution is 2.23. The Labute approximate surface area is 155 Å². The van der Waals surface area contributed by atoms with Gasteiger partial charge in [-0.2, -0.15) is 0 Å². The first-order valence-corrected chi connectivity index (χ1v) is 10.2. The molecule has 1 aliphatic heterocycles. The number of sulfone groups is 1. The summed E-state index contributed by atoms with van der Waals surface area (Å²) < 4.78 is 35.5. The number of carbonyl (C=O) groups is 1. The molecule has 0 saturated carbocycles. The molecule has 0 bridgehead atoms. The molecule has 3 aromatic rings. The molecule has 1 saturated heterocycles. The lowest BCUT2D eigenvalue weighted by atomic mass is 10.1. The van der Waals surface area contributed by atoms with Crippen LogP contribution >= 0.6 is 0 Å². The molecule has 2 aromatic heterocycles. The zero-order valence-corrected chi connectivity index (χ0v) is 15.1. The molecule has 0 unspecified atom stereocenters. The first kappa shape index (κ1) is 17.5. The minimum Gasteiger partial charge on any atom is -0.468 e. The number of nitrogens with zero attached hydrogens (tertiary/aromatic N) is 1. The van der Waals surface area contributed by atoms with Crippen molar-refractivity contribution in [3.63, 3.8) is 0 Å². The lowest BCUT2D eigenvalue weighted by Crippen LogP contribution is -2.34. The zero-order valence-electron chi connectivity index (χ0n) is 14.3. The molecule has 1 atom stereocenters. The predicted molar refractivity (Wildman–Crippen MR) is 98.1 cm³/mol. The van der Waals surface area contributed by atoms with E-state index in [0.717, 1.165) is 0 Å². The number of hydrogen-bond acceptors (Lipinski definition) is 6. The fraction of sp³-hybridized carbons (Fsp3) is 0.263. The maximum atomic E-state index is 12.8. The lowest BCUT2D eigenvalue weighted by Gasteiger charge is -2.16. The highest BCUT2D eigenvalue weighted by Gasteiger charge is 2.36. The number of likely N-dealkylation sites (tertiary alicyclic amines) is 1. The van der Waals surface area contributed by atoms with Crippen LogP contribution in [0.1, 0.15) is 22.5 Å². The molecule has 140 valence electrons. The molecule has 27 heavy (non-hydrogen) atoms. The number of amides is 1. The van der Waals surface area contributed by atoms with Crippen LogP contribution in [0.3, 0.4) is 0 Å². The Bertz CT molecular complexity index is 1150. The lowest BCUT2D eigenvalue weighted by molar-refractivity contribution is 0.0789. The quantitative estimate of drug-likeness (QED) is 0.637. The average molecular weight is 387 g/mol. The van der Waals surface area contributed by atoms with Crippen molar-refractivity contribution in [1.82, 2.24) is 4.90 Å². The van der Waals surface area contributed by atoms with Gasteiger partial charge in [-0.1, -0.05) is 18.2 Å². The van der Waals surface area contributed by atoms with E-state index in [4.69, 9.17) is 8.83 Å². The Balaban J connectivity index is 1.54. The SMILES string of the molecule is O=C(c1cc2ccccc2oc1=O)N1CC[C@@H](S(=O)(=O)Cc2ccco2)C1. The third-order valence-electron chi connectivity index (χ3n) is 4.74. The van der Waals surface area contributed by atoms with E-state index in [1.165, 1.54) is 17.2 Å². The summed E-state index contributed by atoms with van der Waals surface area (Å²) in [4.78, 5) is 26.3. The largest absolute Gasteiger partial charge is 0.468 e. The number of hydrogen-bond donors (Lipinski definition) is 0. The van der Waals surface area contributed by atoms with E-state index in [1.54, 1.807) is 36.4 Å². The summed E-state index contributed by atoms with van der Waals surface area (Å²) in [7, 11) is -3.47. The van der Waals surface area contributed by atoms with Gasteiger partial charge in [-0.05, 0) is 30.7 Å². The summed E-state index contributed by atoms with van der Waals surface area (Å²) in [6.45, 7) is 0.321. The molecule has 1 aromatic carbocycles. The molecule has 8 heteroatoms. The van der Waals surface area contributed by atoms with Crippen LogP contribution in [0.2, 0.25) is 0 Å². The number of carbonyl (C=O) groups excluding carboxylic acids is 1. The molecule has 7 nitrogen and oxygen atoms in total. The van der Waals surface area contributed by atoms with Crippen molar-refractivity contribution in [2.45, 2.75) is 17.4 Å². The monoisotopic (exact) mass is 387 g/mol. The van der Waals surface area contributed by atoms with Crippen LogP contribution in [-0.4, -0.2) is 37.6 Å². The van der Waals surface area contributed by atoms with Gasteiger partial charge >= 0.3 is 5.63 Å². The van der Waals surface area contributed by atoms with Gasteiger partial charge in [-0.25, -0.2) is 13.2 Å². The van der Waals surface area contributed by atoms with Crippen molar-refractivity contribution >= 4 is 26.7 Å². The minimum absolute atomic E-state index is 0.0497. The summed E-state index contributed by atoms with van der Waals surface area (Å²) in [5.41, 5.74) is -0.405. The summed E-state index contributed by atoms with van der Waals surface area (Å²) in [6.07, 6.45) is 1.75. The number of para-hydroxylation sites is 1. The second-order valence-corrected chi connectivity index (χ2v) is 8.81. The van der Waals surface area contributed by atoms with Crippen molar-refractivity contribution < 1.29 is 22.0 Å². The van der Waals surface area contributed by atoms with E-state index in [1.807, 2.05) is 0 Å². The second kappa shape index (κ2) is 6.70. The van der Waals surface area contributed by atoms with Crippen molar-refractivity contribution in [2.24, 2.45) is 0 Å². The summed E-state index contributed by atoms with van der Waals surface area (Å²) in [5.74, 6) is -0.342. The van der Waals surface area contributed by atoms with E-state index in [9.17, 15) is 18.0 Å². The topological polar surface area (TPSA) is 97.8 Å². The molecule has 3 heterocycles. The normalized spacial score (nSPS) is 17.5. The summed E-state index contributed by atoms with van der Waals surface area (Å²) in [6, 6.07) is 11.7. The van der Waals surface area contributed by atoms with E-state index in [-0.39, 0.29) is 24.4 Å². The van der Waals surface area contributed by atoms with E-state index in [2.05, 4.69) is 0 Å². The molecule has 1 fully saturated rings. The maximum absolute atomic E-state index is 12.8. The minimum atomic E-state index is -3.47. The highest BCUT2D eigenvalue weighted by atomic mass is 32.2. The van der Waals surface area contributed by atoms with E-state index >= 15 is 0 Å². The van der Waals surface area contributed by atoms with Crippen LogP contribution in [0.5, 0.6) is 0 Å². The van der Waals surface area contributed by atoms with Gasteiger partial charge in [-0.3, -0.25) is 4.79 Å². The Hall–Kier alpha value is -2.87. The van der Waals surface area contributed by atoms with Crippen LogP contribution in [0, 0.1) is 0 Å². The summed E-state index contributed by atoms with van der Waals surface area (Å²) >= 11 is 0. The van der Waals surface area contributed by atoms with Crippen LogP contribution < -0.4 is 5.63 Å². The number of furan rings is 1. The van der Waals surface area contributed by atoms with Gasteiger partial charge in [0.05, 0.1) is 11.5 Å². The van der Waals surface area contributed by atoms with Gasteiger partial charge in [0.1, 0.15) is 22.7 Å². The highest BCUT2D eigenvalue weighted by molar-refractivity contribution is 7.91. The van der Waals surface area contributed by atoms with E-state index in [0.29, 0.717) is 23.2 Å². The first-order valence-electron chi connectivity index (χ1n) is 8.50. The molecular formula is C19H17NO6S. The van der Waals surface area contributed by atoms with Crippen molar-refractivity contribution in [3.05, 3.63) is 70.5 Å². The third kappa shape index (κ3) is 3.40. The van der Waals surface area contributed by atoms with Gasteiger partial charge in [0.25, 0.3) is 5.91 Å². The molecule has 0 spiro atoms. The first-order chi connectivity index (χ1) is 12.9. The average Bonchev–Trinajstić information content (AvgIpc) is 3.32.